The Morgan fingerprint density at radius 1 is 0.590 bits per heavy atom. The van der Waals surface area contributed by atoms with E-state index in [-0.39, 0.29) is 52.2 Å². The van der Waals surface area contributed by atoms with Crippen LogP contribution in [0.2, 0.25) is 10.0 Å². The Morgan fingerprint density at radius 3 is 1.36 bits per heavy atom. The number of carboxylic acids is 1. The van der Waals surface area contributed by atoms with Gasteiger partial charge in [-0.05, 0) is 135 Å². The second-order valence-electron chi connectivity index (χ2n) is 15.1. The summed E-state index contributed by atoms with van der Waals surface area (Å²) in [4.78, 5) is 48.8. The van der Waals surface area contributed by atoms with Gasteiger partial charge in [-0.25, -0.2) is 21.6 Å². The molecule has 0 spiro atoms. The fourth-order valence-corrected chi connectivity index (χ4v) is 10.4. The predicted molar refractivity (Wildman–Crippen MR) is 230 cm³/mol. The van der Waals surface area contributed by atoms with Crippen molar-refractivity contribution in [1.82, 2.24) is 24.6 Å². The van der Waals surface area contributed by atoms with Gasteiger partial charge in [0.15, 0.2) is 0 Å². The SMILES string of the molecule is O=C(NC1CC1)c1ccc(CN(C2CCCCNC2=O)S(=O)(=O)c2ccc(Cl)cc2)cc1.O=C(O)c1ccc(CN(C2CCCCNC2=O)S(=O)(=O)c2ccc(Cl)cc2)cc1. The molecule has 2 unspecified atom stereocenters. The summed E-state index contributed by atoms with van der Waals surface area (Å²) in [6, 6.07) is 23.1. The molecule has 61 heavy (non-hydrogen) atoms. The van der Waals surface area contributed by atoms with Crippen LogP contribution in [0.1, 0.15) is 83.2 Å². The van der Waals surface area contributed by atoms with E-state index in [0.29, 0.717) is 59.1 Å². The number of sulfonamides is 2. The van der Waals surface area contributed by atoms with Gasteiger partial charge in [-0.3, -0.25) is 14.4 Å². The smallest absolute Gasteiger partial charge is 0.335 e. The fraction of sp³-hybridized carbons (Fsp3) is 0.349. The first-order chi connectivity index (χ1) is 29.1. The molecular weight excluding hydrogens is 866 g/mol. The number of halogens is 2. The molecule has 4 aromatic carbocycles. The van der Waals surface area contributed by atoms with Crippen molar-refractivity contribution >= 4 is 66.9 Å². The second-order valence-corrected chi connectivity index (χ2v) is 19.7. The molecule has 0 aromatic heterocycles. The lowest BCUT2D eigenvalue weighted by molar-refractivity contribution is -0.125. The van der Waals surface area contributed by atoms with Crippen LogP contribution in [-0.2, 0) is 42.7 Å². The quantitative estimate of drug-likeness (QED) is 0.125. The summed E-state index contributed by atoms with van der Waals surface area (Å²) in [6.07, 6.45) is 5.92. The van der Waals surface area contributed by atoms with E-state index in [2.05, 4.69) is 16.0 Å². The van der Waals surface area contributed by atoms with E-state index in [0.717, 1.165) is 32.1 Å². The number of hydrogen-bond acceptors (Lipinski definition) is 8. The number of nitrogens with zero attached hydrogens (tertiary/aromatic N) is 2. The summed E-state index contributed by atoms with van der Waals surface area (Å²) in [6.45, 7) is 1.02. The van der Waals surface area contributed by atoms with Crippen molar-refractivity contribution in [2.45, 2.75) is 92.4 Å². The standard InChI is InChI=1S/C23H26ClN3O4S.C20H21ClN2O5S/c24-18-8-12-20(13-9-18)32(30,31)27(21-3-1-2-14-25-23(21)29)15-16-4-6-17(7-5-16)22(28)26-19-10-11-19;21-16-8-10-17(11-9-16)29(27,28)23(18-3-1-2-12-22-19(18)24)13-14-4-6-15(7-5-14)20(25)26/h4-9,12-13,19,21H,1-3,10-11,14-15H2,(H,25,29)(H,26,28);4-11,18H,1-3,12-13H2,(H,22,24)(H,25,26). The number of amides is 3. The summed E-state index contributed by atoms with van der Waals surface area (Å²) >= 11 is 11.8. The van der Waals surface area contributed by atoms with Crippen LogP contribution in [0.4, 0.5) is 0 Å². The third kappa shape index (κ3) is 12.0. The first-order valence-corrected chi connectivity index (χ1v) is 23.6. The molecule has 0 bridgehead atoms. The van der Waals surface area contributed by atoms with Gasteiger partial charge in [0.25, 0.3) is 5.91 Å². The van der Waals surface area contributed by atoms with E-state index in [1.807, 2.05) is 0 Å². The number of carbonyl (C=O) groups excluding carboxylic acids is 3. The molecule has 7 rings (SSSR count). The summed E-state index contributed by atoms with van der Waals surface area (Å²) in [5.74, 6) is -1.82. The van der Waals surface area contributed by atoms with Crippen LogP contribution in [-0.4, -0.2) is 85.5 Å². The van der Waals surface area contributed by atoms with Gasteiger partial charge in [0.05, 0.1) is 15.4 Å². The molecule has 2 aliphatic heterocycles. The van der Waals surface area contributed by atoms with Gasteiger partial charge in [-0.2, -0.15) is 8.61 Å². The average molecular weight is 913 g/mol. The van der Waals surface area contributed by atoms with E-state index in [4.69, 9.17) is 28.3 Å². The van der Waals surface area contributed by atoms with Gasteiger partial charge < -0.3 is 21.1 Å². The maximum Gasteiger partial charge on any atom is 0.335 e. The average Bonchev–Trinajstić information content (AvgIpc) is 4.11. The molecule has 14 nitrogen and oxygen atoms in total. The zero-order chi connectivity index (χ0) is 43.7. The minimum Gasteiger partial charge on any atom is -0.478 e. The van der Waals surface area contributed by atoms with Crippen molar-refractivity contribution in [1.29, 1.82) is 0 Å². The Balaban J connectivity index is 0.000000205. The first kappa shape index (κ1) is 45.7. The number of carbonyl (C=O) groups is 4. The van der Waals surface area contributed by atoms with Crippen LogP contribution in [0.5, 0.6) is 0 Å². The molecule has 2 heterocycles. The highest BCUT2D eigenvalue weighted by Crippen LogP contribution is 2.28. The molecule has 4 aromatic rings. The van der Waals surface area contributed by atoms with E-state index in [1.165, 1.54) is 69.3 Å². The summed E-state index contributed by atoms with van der Waals surface area (Å²) < 4.78 is 56.3. The molecular formula is C43H47Cl2N5O9S2. The predicted octanol–water partition coefficient (Wildman–Crippen LogP) is 5.99. The Hall–Kier alpha value is -4.84. The van der Waals surface area contributed by atoms with Crippen molar-refractivity contribution in [2.75, 3.05) is 13.1 Å². The second kappa shape index (κ2) is 20.4. The van der Waals surface area contributed by atoms with Gasteiger partial charge in [-0.15, -0.1) is 0 Å². The molecule has 324 valence electrons. The number of rotatable bonds is 13. The number of carboxylic acid groups (broad SMARTS) is 1. The fourth-order valence-electron chi connectivity index (χ4n) is 6.98. The van der Waals surface area contributed by atoms with Crippen molar-refractivity contribution in [3.8, 4) is 0 Å². The van der Waals surface area contributed by atoms with Crippen LogP contribution in [0, 0.1) is 0 Å². The maximum absolute atomic E-state index is 13.5. The number of benzene rings is 4. The van der Waals surface area contributed by atoms with Crippen LogP contribution in [0.15, 0.2) is 107 Å². The lowest BCUT2D eigenvalue weighted by Crippen LogP contribution is -2.48. The van der Waals surface area contributed by atoms with Gasteiger partial charge in [0, 0.05) is 47.8 Å². The Morgan fingerprint density at radius 2 is 0.984 bits per heavy atom. The number of nitrogens with one attached hydrogen (secondary N) is 3. The Bertz CT molecular complexity index is 2420. The van der Waals surface area contributed by atoms with Crippen molar-refractivity contribution in [2.24, 2.45) is 0 Å². The molecule has 2 atom stereocenters. The van der Waals surface area contributed by atoms with Gasteiger partial charge in [0.1, 0.15) is 12.1 Å². The Labute approximate surface area is 365 Å². The topological polar surface area (TPSA) is 199 Å². The molecule has 3 amide bonds. The van der Waals surface area contributed by atoms with E-state index in [1.54, 1.807) is 36.4 Å². The highest BCUT2D eigenvalue weighted by Gasteiger charge is 2.38. The zero-order valence-corrected chi connectivity index (χ0v) is 36.3. The molecule has 2 saturated heterocycles. The highest BCUT2D eigenvalue weighted by atomic mass is 35.5. The van der Waals surface area contributed by atoms with Gasteiger partial charge in [0.2, 0.25) is 31.9 Å². The van der Waals surface area contributed by atoms with Crippen molar-refractivity contribution in [3.05, 3.63) is 129 Å². The van der Waals surface area contributed by atoms with Crippen LogP contribution in [0.3, 0.4) is 0 Å². The maximum atomic E-state index is 13.5. The summed E-state index contributed by atoms with van der Waals surface area (Å²) in [5, 5.41) is 18.4. The van der Waals surface area contributed by atoms with E-state index < -0.39 is 38.1 Å². The summed E-state index contributed by atoms with van der Waals surface area (Å²) in [5.41, 5.74) is 1.92. The third-order valence-corrected chi connectivity index (χ3v) is 14.8. The van der Waals surface area contributed by atoms with E-state index >= 15 is 0 Å². The summed E-state index contributed by atoms with van der Waals surface area (Å²) in [7, 11) is -7.96. The largest absolute Gasteiger partial charge is 0.478 e. The first-order valence-electron chi connectivity index (χ1n) is 20.0. The molecule has 3 fully saturated rings. The molecule has 4 N–H and O–H groups in total. The normalized spacial score (nSPS) is 18.5. The molecule has 1 aliphatic carbocycles. The highest BCUT2D eigenvalue weighted by molar-refractivity contribution is 7.89. The third-order valence-electron chi connectivity index (χ3n) is 10.6. The monoisotopic (exact) mass is 911 g/mol. The van der Waals surface area contributed by atoms with Crippen LogP contribution >= 0.6 is 23.2 Å². The molecule has 18 heteroatoms. The minimum atomic E-state index is -3.99. The van der Waals surface area contributed by atoms with E-state index in [9.17, 15) is 36.0 Å². The van der Waals surface area contributed by atoms with Crippen LogP contribution < -0.4 is 16.0 Å². The zero-order valence-electron chi connectivity index (χ0n) is 33.1. The lowest BCUT2D eigenvalue weighted by Gasteiger charge is -2.29. The molecule has 0 radical (unpaired) electrons. The van der Waals surface area contributed by atoms with Gasteiger partial charge in [-0.1, -0.05) is 47.5 Å². The molecule has 3 aliphatic rings. The Kier molecular flexibility index (Phi) is 15.2. The van der Waals surface area contributed by atoms with Crippen molar-refractivity contribution < 1.29 is 41.1 Å². The lowest BCUT2D eigenvalue weighted by atomic mass is 10.1. The van der Waals surface area contributed by atoms with Crippen molar-refractivity contribution in [3.63, 3.8) is 0 Å². The number of hydrogen-bond donors (Lipinski definition) is 4. The number of aromatic carboxylic acids is 1. The molecule has 1 saturated carbocycles. The van der Waals surface area contributed by atoms with Gasteiger partial charge >= 0.3 is 5.97 Å². The minimum absolute atomic E-state index is 0.0214. The van der Waals surface area contributed by atoms with Crippen LogP contribution in [0.25, 0.3) is 0 Å².